The quantitative estimate of drug-likeness (QED) is 0.786. The van der Waals surface area contributed by atoms with Gasteiger partial charge in [0.05, 0.1) is 10.4 Å². The fraction of sp³-hybridized carbons (Fsp3) is 0.308. The van der Waals surface area contributed by atoms with Crippen molar-refractivity contribution in [2.75, 3.05) is 5.73 Å². The second-order valence-electron chi connectivity index (χ2n) is 5.19. The molecule has 0 saturated carbocycles. The number of thiazole rings is 1. The van der Waals surface area contributed by atoms with E-state index in [4.69, 9.17) is 5.73 Å². The van der Waals surface area contributed by atoms with Gasteiger partial charge in [0.2, 0.25) is 10.0 Å². The summed E-state index contributed by atoms with van der Waals surface area (Å²) in [5.41, 5.74) is 6.00. The number of nitrogens with zero attached hydrogens (tertiary/aromatic N) is 1. The second kappa shape index (κ2) is 5.68. The summed E-state index contributed by atoms with van der Waals surface area (Å²) in [4.78, 5) is 4.35. The largest absolute Gasteiger partial charge is 0.398 e. The molecule has 0 unspecified atom stereocenters. The van der Waals surface area contributed by atoms with Crippen LogP contribution in [-0.4, -0.2) is 13.4 Å². The number of nitrogen functional groups attached to an aromatic ring is 1. The van der Waals surface area contributed by atoms with Crippen molar-refractivity contribution < 1.29 is 8.42 Å². The van der Waals surface area contributed by atoms with E-state index < -0.39 is 15.6 Å². The lowest BCUT2D eigenvalue weighted by Crippen LogP contribution is -2.41. The predicted octanol–water partition coefficient (Wildman–Crippen LogP) is 3.01. The lowest BCUT2D eigenvalue weighted by molar-refractivity contribution is 0.469. The third-order valence-corrected chi connectivity index (χ3v) is 6.35. The summed E-state index contributed by atoms with van der Waals surface area (Å²) in [6.07, 6.45) is 1.65. The zero-order valence-corrected chi connectivity index (χ0v) is 15.1. The maximum Gasteiger partial charge on any atom is 0.241 e. The van der Waals surface area contributed by atoms with E-state index >= 15 is 0 Å². The molecule has 2 aromatic rings. The van der Waals surface area contributed by atoms with Crippen LogP contribution >= 0.6 is 27.3 Å². The van der Waals surface area contributed by atoms with Crippen LogP contribution in [-0.2, 0) is 15.6 Å². The molecule has 2 rings (SSSR count). The Labute approximate surface area is 136 Å². The van der Waals surface area contributed by atoms with Gasteiger partial charge in [-0.3, -0.25) is 0 Å². The van der Waals surface area contributed by atoms with E-state index in [1.165, 1.54) is 11.3 Å². The number of hydrogen-bond donors (Lipinski definition) is 2. The lowest BCUT2D eigenvalue weighted by atomic mass is 10.1. The van der Waals surface area contributed by atoms with E-state index in [0.29, 0.717) is 20.7 Å². The van der Waals surface area contributed by atoms with Crippen molar-refractivity contribution in [1.82, 2.24) is 9.71 Å². The van der Waals surface area contributed by atoms with Crippen molar-refractivity contribution in [2.24, 2.45) is 0 Å². The Morgan fingerprint density at radius 1 is 1.38 bits per heavy atom. The lowest BCUT2D eigenvalue weighted by Gasteiger charge is -2.24. The summed E-state index contributed by atoms with van der Waals surface area (Å²) in [7, 11) is -3.71. The molecule has 0 radical (unpaired) electrons. The van der Waals surface area contributed by atoms with Crippen LogP contribution in [0.25, 0.3) is 0 Å². The number of halogens is 1. The third kappa shape index (κ3) is 3.45. The Bertz CT molecular complexity index is 756. The number of sulfonamides is 1. The minimum absolute atomic E-state index is 0.166. The Morgan fingerprint density at radius 2 is 2.05 bits per heavy atom. The molecule has 3 N–H and O–H groups in total. The normalized spacial score (nSPS) is 12.6. The van der Waals surface area contributed by atoms with E-state index in [9.17, 15) is 8.42 Å². The van der Waals surface area contributed by atoms with Gasteiger partial charge in [-0.15, -0.1) is 11.3 Å². The highest BCUT2D eigenvalue weighted by atomic mass is 79.9. The monoisotopic (exact) mass is 389 g/mol. The molecule has 0 aliphatic carbocycles. The zero-order chi connectivity index (χ0) is 15.8. The van der Waals surface area contributed by atoms with E-state index in [-0.39, 0.29) is 4.90 Å². The molecule has 0 aliphatic rings. The summed E-state index contributed by atoms with van der Waals surface area (Å²) in [5.74, 6) is 0. The molecule has 21 heavy (non-hydrogen) atoms. The SMILES string of the molecule is Cc1c(N)cc(Br)cc1S(=O)(=O)NC(C)(C)c1nccs1. The molecule has 1 aromatic carbocycles. The zero-order valence-electron chi connectivity index (χ0n) is 11.8. The molecule has 0 saturated heterocycles. The minimum Gasteiger partial charge on any atom is -0.398 e. The first-order chi connectivity index (χ1) is 9.63. The molecule has 114 valence electrons. The summed E-state index contributed by atoms with van der Waals surface area (Å²) < 4.78 is 28.6. The topological polar surface area (TPSA) is 85.1 Å². The highest BCUT2D eigenvalue weighted by molar-refractivity contribution is 9.10. The van der Waals surface area contributed by atoms with Crippen LogP contribution in [0.15, 0.2) is 33.1 Å². The summed E-state index contributed by atoms with van der Waals surface area (Å²) in [6, 6.07) is 3.23. The summed E-state index contributed by atoms with van der Waals surface area (Å²) >= 11 is 4.68. The first-order valence-electron chi connectivity index (χ1n) is 6.13. The number of benzene rings is 1. The van der Waals surface area contributed by atoms with Crippen LogP contribution in [0.3, 0.4) is 0 Å². The molecule has 0 amide bonds. The molecular formula is C13H16BrN3O2S2. The molecule has 0 fully saturated rings. The number of rotatable bonds is 4. The molecule has 5 nitrogen and oxygen atoms in total. The van der Waals surface area contributed by atoms with Gasteiger partial charge in [0.25, 0.3) is 0 Å². The second-order valence-corrected chi connectivity index (χ2v) is 8.65. The van der Waals surface area contributed by atoms with Gasteiger partial charge in [-0.25, -0.2) is 13.4 Å². The fourth-order valence-corrected chi connectivity index (χ4v) is 5.01. The smallest absolute Gasteiger partial charge is 0.241 e. The van der Waals surface area contributed by atoms with Crippen LogP contribution in [0.5, 0.6) is 0 Å². The van der Waals surface area contributed by atoms with Crippen LogP contribution in [0, 0.1) is 6.92 Å². The molecule has 1 heterocycles. The fourth-order valence-electron chi connectivity index (χ4n) is 1.92. The molecule has 0 atom stereocenters. The van der Waals surface area contributed by atoms with E-state index in [1.54, 1.807) is 39.1 Å². The molecule has 0 bridgehead atoms. The van der Waals surface area contributed by atoms with Gasteiger partial charge in [-0.1, -0.05) is 15.9 Å². The number of hydrogen-bond acceptors (Lipinski definition) is 5. The van der Waals surface area contributed by atoms with Crippen LogP contribution in [0.4, 0.5) is 5.69 Å². The van der Waals surface area contributed by atoms with Gasteiger partial charge in [-0.05, 0) is 38.5 Å². The Balaban J connectivity index is 2.44. The highest BCUT2D eigenvalue weighted by Gasteiger charge is 2.31. The molecular weight excluding hydrogens is 374 g/mol. The van der Waals surface area contributed by atoms with Gasteiger partial charge in [0, 0.05) is 21.7 Å². The number of aromatic nitrogens is 1. The van der Waals surface area contributed by atoms with Gasteiger partial charge in [0.15, 0.2) is 0 Å². The van der Waals surface area contributed by atoms with Gasteiger partial charge in [-0.2, -0.15) is 4.72 Å². The van der Waals surface area contributed by atoms with E-state index in [1.807, 2.05) is 5.38 Å². The van der Waals surface area contributed by atoms with Crippen LogP contribution in [0.1, 0.15) is 24.4 Å². The minimum atomic E-state index is -3.71. The first kappa shape index (κ1) is 16.4. The Kier molecular flexibility index (Phi) is 4.44. The van der Waals surface area contributed by atoms with Crippen molar-refractivity contribution in [3.8, 4) is 0 Å². The number of nitrogens with one attached hydrogen (secondary N) is 1. The van der Waals surface area contributed by atoms with Crippen LogP contribution < -0.4 is 10.5 Å². The molecule has 0 spiro atoms. The maximum absolute atomic E-state index is 12.7. The van der Waals surface area contributed by atoms with E-state index in [2.05, 4.69) is 25.6 Å². The Morgan fingerprint density at radius 3 is 2.62 bits per heavy atom. The molecule has 0 aliphatic heterocycles. The standard InChI is InChI=1S/C13H16BrN3O2S2/c1-8-10(15)6-9(14)7-11(8)21(18,19)17-13(2,3)12-16-4-5-20-12/h4-7,17H,15H2,1-3H3. The Hall–Kier alpha value is -0.960. The average Bonchev–Trinajstić information content (AvgIpc) is 2.86. The van der Waals surface area contributed by atoms with Crippen molar-refractivity contribution in [1.29, 1.82) is 0 Å². The number of nitrogens with two attached hydrogens (primary N) is 1. The van der Waals surface area contributed by atoms with Crippen LogP contribution in [0.2, 0.25) is 0 Å². The van der Waals surface area contributed by atoms with Crippen molar-refractivity contribution >= 4 is 43.0 Å². The van der Waals surface area contributed by atoms with Gasteiger partial charge in [0.1, 0.15) is 5.01 Å². The van der Waals surface area contributed by atoms with Crippen molar-refractivity contribution in [2.45, 2.75) is 31.2 Å². The average molecular weight is 390 g/mol. The van der Waals surface area contributed by atoms with Crippen molar-refractivity contribution in [3.63, 3.8) is 0 Å². The third-order valence-electron chi connectivity index (χ3n) is 3.01. The summed E-state index contributed by atoms with van der Waals surface area (Å²) in [5, 5.41) is 2.51. The van der Waals surface area contributed by atoms with Gasteiger partial charge < -0.3 is 5.73 Å². The molecule has 8 heteroatoms. The van der Waals surface area contributed by atoms with Crippen molar-refractivity contribution in [3.05, 3.63) is 38.8 Å². The maximum atomic E-state index is 12.7. The first-order valence-corrected chi connectivity index (χ1v) is 9.28. The summed E-state index contributed by atoms with van der Waals surface area (Å²) in [6.45, 7) is 5.24. The molecule has 1 aromatic heterocycles. The van der Waals surface area contributed by atoms with E-state index in [0.717, 1.165) is 0 Å². The highest BCUT2D eigenvalue weighted by Crippen LogP contribution is 2.29. The predicted molar refractivity (Wildman–Crippen MR) is 88.8 cm³/mol. The number of anilines is 1. The van der Waals surface area contributed by atoms with Gasteiger partial charge >= 0.3 is 0 Å².